The number of nitrogens with two attached hydrogens (primary N) is 1. The third-order valence-corrected chi connectivity index (χ3v) is 5.37. The van der Waals surface area contributed by atoms with Gasteiger partial charge in [0.1, 0.15) is 0 Å². The van der Waals surface area contributed by atoms with Gasteiger partial charge in [-0.3, -0.25) is 4.68 Å². The molecule has 1 heterocycles. The molecule has 1 saturated carbocycles. The van der Waals surface area contributed by atoms with Gasteiger partial charge in [-0.15, -0.1) is 0 Å². The minimum Gasteiger partial charge on any atom is -0.387 e. The summed E-state index contributed by atoms with van der Waals surface area (Å²) in [5.41, 5.74) is 8.62. The summed E-state index contributed by atoms with van der Waals surface area (Å²) in [6, 6.07) is 8.99. The van der Waals surface area contributed by atoms with Gasteiger partial charge in [-0.2, -0.15) is 10.4 Å². The number of aliphatic imine (C=N–C) groups is 1. The van der Waals surface area contributed by atoms with E-state index in [4.69, 9.17) is 5.73 Å². The van der Waals surface area contributed by atoms with Crippen LogP contribution in [0.4, 0.5) is 0 Å². The molecule has 2 N–H and O–H groups in total. The lowest BCUT2D eigenvalue weighted by Gasteiger charge is -2.35. The molecule has 0 radical (unpaired) electrons. The van der Waals surface area contributed by atoms with E-state index in [-0.39, 0.29) is 11.5 Å². The van der Waals surface area contributed by atoms with Crippen LogP contribution in [-0.4, -0.2) is 15.6 Å². The lowest BCUT2D eigenvalue weighted by Crippen LogP contribution is -2.32. The lowest BCUT2D eigenvalue weighted by atomic mass is 9.65. The van der Waals surface area contributed by atoms with Gasteiger partial charge in [0, 0.05) is 11.1 Å². The van der Waals surface area contributed by atoms with Gasteiger partial charge < -0.3 is 5.73 Å². The van der Waals surface area contributed by atoms with Crippen molar-refractivity contribution in [2.24, 2.45) is 10.7 Å². The van der Waals surface area contributed by atoms with E-state index in [9.17, 15) is 5.26 Å². The minimum absolute atomic E-state index is 0.111. The van der Waals surface area contributed by atoms with Crippen molar-refractivity contribution in [2.45, 2.75) is 64.3 Å². The van der Waals surface area contributed by atoms with Gasteiger partial charge in [0.05, 0.1) is 35.1 Å². The third-order valence-electron chi connectivity index (χ3n) is 5.37. The molecule has 0 saturated heterocycles. The van der Waals surface area contributed by atoms with Crippen LogP contribution in [0, 0.1) is 11.3 Å². The average molecular weight is 349 g/mol. The quantitative estimate of drug-likeness (QED) is 0.611. The maximum atomic E-state index is 9.66. The van der Waals surface area contributed by atoms with Gasteiger partial charge in [0.15, 0.2) is 0 Å². The maximum absolute atomic E-state index is 9.66. The summed E-state index contributed by atoms with van der Waals surface area (Å²) in [7, 11) is 0. The molecule has 1 atom stereocenters. The average Bonchev–Trinajstić information content (AvgIpc) is 3.01. The Bertz CT molecular complexity index is 889. The van der Waals surface area contributed by atoms with Crippen LogP contribution in [0.25, 0.3) is 10.9 Å². The smallest absolute Gasteiger partial charge is 0.0960 e. The number of nitriles is 1. The number of nitrogens with zero attached hydrogens (tertiary/aromatic N) is 4. The molecule has 2 aromatic rings. The number of allylic oxidation sites excluding steroid dienone is 2. The Morgan fingerprint density at radius 3 is 2.77 bits per heavy atom. The number of hydrogen-bond acceptors (Lipinski definition) is 3. The van der Waals surface area contributed by atoms with Crippen molar-refractivity contribution in [1.82, 2.24) is 9.78 Å². The van der Waals surface area contributed by atoms with Gasteiger partial charge in [-0.25, -0.2) is 4.99 Å². The Balaban J connectivity index is 2.05. The van der Waals surface area contributed by atoms with Crippen molar-refractivity contribution in [3.63, 3.8) is 0 Å². The molecule has 1 fully saturated rings. The molecule has 1 aliphatic carbocycles. The van der Waals surface area contributed by atoms with E-state index in [2.05, 4.69) is 59.0 Å². The third kappa shape index (κ3) is 3.24. The summed E-state index contributed by atoms with van der Waals surface area (Å²) in [5.74, 6) is 0.571. The first kappa shape index (κ1) is 18.2. The zero-order valence-corrected chi connectivity index (χ0v) is 15.9. The first-order chi connectivity index (χ1) is 12.5. The van der Waals surface area contributed by atoms with E-state index >= 15 is 0 Å². The predicted octanol–water partition coefficient (Wildman–Crippen LogP) is 4.60. The Labute approximate surface area is 155 Å². The highest BCUT2D eigenvalue weighted by Crippen LogP contribution is 2.44. The molecular formula is C21H27N5. The summed E-state index contributed by atoms with van der Waals surface area (Å²) >= 11 is 0. The second kappa shape index (κ2) is 7.33. The van der Waals surface area contributed by atoms with E-state index in [0.717, 1.165) is 54.3 Å². The zero-order valence-electron chi connectivity index (χ0n) is 15.9. The largest absolute Gasteiger partial charge is 0.387 e. The lowest BCUT2D eigenvalue weighted by molar-refractivity contribution is 0.324. The zero-order chi connectivity index (χ0) is 18.7. The van der Waals surface area contributed by atoms with Crippen LogP contribution in [0.5, 0.6) is 0 Å². The van der Waals surface area contributed by atoms with Crippen LogP contribution in [0.1, 0.15) is 64.5 Å². The molecule has 0 spiro atoms. The van der Waals surface area contributed by atoms with Gasteiger partial charge in [-0.1, -0.05) is 26.0 Å². The topological polar surface area (TPSA) is 80.0 Å². The van der Waals surface area contributed by atoms with E-state index < -0.39 is 0 Å². The van der Waals surface area contributed by atoms with Crippen molar-refractivity contribution in [3.05, 3.63) is 41.7 Å². The molecule has 1 aromatic carbocycles. The van der Waals surface area contributed by atoms with E-state index in [0.29, 0.717) is 5.84 Å². The first-order valence-corrected chi connectivity index (χ1v) is 9.43. The first-order valence-electron chi connectivity index (χ1n) is 9.43. The molecule has 1 aliphatic rings. The number of aromatic nitrogens is 2. The molecule has 26 heavy (non-hydrogen) atoms. The fraction of sp³-hybridized carbons (Fsp3) is 0.476. The minimum atomic E-state index is -0.309. The number of rotatable bonds is 6. The second-order valence-corrected chi connectivity index (χ2v) is 7.15. The highest BCUT2D eigenvalue weighted by molar-refractivity contribution is 5.80. The predicted molar refractivity (Wildman–Crippen MR) is 106 cm³/mol. The van der Waals surface area contributed by atoms with Crippen LogP contribution >= 0.6 is 0 Å². The molecular weight excluding hydrogens is 322 g/mol. The Morgan fingerprint density at radius 2 is 2.23 bits per heavy atom. The molecule has 5 heteroatoms. The molecule has 0 aliphatic heterocycles. The van der Waals surface area contributed by atoms with Crippen molar-refractivity contribution in [3.8, 4) is 6.07 Å². The van der Waals surface area contributed by atoms with Gasteiger partial charge in [0.25, 0.3) is 0 Å². The number of fused-ring (bicyclic) bond motifs is 1. The molecule has 3 rings (SSSR count). The summed E-state index contributed by atoms with van der Waals surface area (Å²) in [5, 5.41) is 15.4. The number of hydrogen-bond donors (Lipinski definition) is 1. The molecule has 0 amide bonds. The van der Waals surface area contributed by atoms with Crippen LogP contribution in [0.3, 0.4) is 0 Å². The van der Waals surface area contributed by atoms with Crippen LogP contribution in [0.15, 0.2) is 41.2 Å². The summed E-state index contributed by atoms with van der Waals surface area (Å²) in [4.78, 5) is 4.44. The Morgan fingerprint density at radius 1 is 1.46 bits per heavy atom. The monoisotopic (exact) mass is 349 g/mol. The molecule has 0 bridgehead atoms. The second-order valence-electron chi connectivity index (χ2n) is 7.15. The summed E-state index contributed by atoms with van der Waals surface area (Å²) in [6.07, 6.45) is 8.81. The van der Waals surface area contributed by atoms with E-state index in [1.165, 1.54) is 0 Å². The van der Waals surface area contributed by atoms with Gasteiger partial charge in [-0.05, 0) is 56.7 Å². The van der Waals surface area contributed by atoms with Crippen molar-refractivity contribution < 1.29 is 0 Å². The highest BCUT2D eigenvalue weighted by Gasteiger charge is 2.39. The SMILES string of the molecule is CC/C(=C/C(CC)n1ncc2ccc(C3(C#N)CCC3)cc21)N=C(C)N. The van der Waals surface area contributed by atoms with E-state index in [1.807, 2.05) is 6.20 Å². The standard InChI is InChI=1S/C21H27N5/c1-4-18(25-15(3)23)12-19(5-2)26-20-11-17(8-7-16(20)13-24-26)21(14-22)9-6-10-21/h7-8,11-13,19H,4-6,9-10H2,1-3H3,(H2,23,25)/b18-12-. The molecule has 136 valence electrons. The van der Waals surface area contributed by atoms with Crippen molar-refractivity contribution in [2.75, 3.05) is 0 Å². The van der Waals surface area contributed by atoms with E-state index in [1.54, 1.807) is 6.92 Å². The van der Waals surface area contributed by atoms with Gasteiger partial charge in [0.2, 0.25) is 0 Å². The fourth-order valence-corrected chi connectivity index (χ4v) is 3.64. The summed E-state index contributed by atoms with van der Waals surface area (Å²) < 4.78 is 2.06. The number of benzene rings is 1. The van der Waals surface area contributed by atoms with Crippen LogP contribution in [-0.2, 0) is 5.41 Å². The Kier molecular flexibility index (Phi) is 5.13. The molecule has 1 unspecified atom stereocenters. The Hall–Kier alpha value is -2.61. The van der Waals surface area contributed by atoms with Crippen LogP contribution < -0.4 is 5.73 Å². The fourth-order valence-electron chi connectivity index (χ4n) is 3.64. The number of amidine groups is 1. The molecule has 5 nitrogen and oxygen atoms in total. The van der Waals surface area contributed by atoms with Crippen molar-refractivity contribution >= 4 is 16.7 Å². The maximum Gasteiger partial charge on any atom is 0.0960 e. The van der Waals surface area contributed by atoms with Gasteiger partial charge >= 0.3 is 0 Å². The molecule has 1 aromatic heterocycles. The normalized spacial score (nSPS) is 18.4. The van der Waals surface area contributed by atoms with Crippen LogP contribution in [0.2, 0.25) is 0 Å². The van der Waals surface area contributed by atoms with Crippen molar-refractivity contribution in [1.29, 1.82) is 5.26 Å². The highest BCUT2D eigenvalue weighted by atomic mass is 15.3. The summed E-state index contributed by atoms with van der Waals surface area (Å²) in [6.45, 7) is 6.03.